The van der Waals surface area contributed by atoms with Crippen LogP contribution in [0.3, 0.4) is 0 Å². The molecule has 116 valence electrons. The summed E-state index contributed by atoms with van der Waals surface area (Å²) in [4.78, 5) is 12.7. The van der Waals surface area contributed by atoms with E-state index in [4.69, 9.17) is 0 Å². The van der Waals surface area contributed by atoms with Crippen molar-refractivity contribution in [3.63, 3.8) is 0 Å². The molecule has 0 saturated heterocycles. The normalized spacial score (nSPS) is 12.6. The Labute approximate surface area is 117 Å². The van der Waals surface area contributed by atoms with E-state index in [1.165, 1.54) is 11.8 Å². The van der Waals surface area contributed by atoms with Crippen LogP contribution in [-0.4, -0.2) is 51.8 Å². The maximum atomic E-state index is 11.3. The van der Waals surface area contributed by atoms with Crippen LogP contribution in [0.2, 0.25) is 0 Å². The van der Waals surface area contributed by atoms with E-state index in [0.29, 0.717) is 0 Å². The van der Waals surface area contributed by atoms with Crippen molar-refractivity contribution in [2.45, 2.75) is 33.6 Å². The molecular weight excluding hydrogens is 268 g/mol. The van der Waals surface area contributed by atoms with Gasteiger partial charge in [0.2, 0.25) is 5.91 Å². The van der Waals surface area contributed by atoms with Crippen LogP contribution in [0.4, 0.5) is 0 Å². The number of hydrogen-bond donors (Lipinski definition) is 2. The Bertz CT molecular complexity index is 329. The number of carbonyl (C=O) groups excluding carboxylic acids is 1. The van der Waals surface area contributed by atoms with Crippen LogP contribution in [0.5, 0.6) is 0 Å². The van der Waals surface area contributed by atoms with E-state index in [1.54, 1.807) is 0 Å². The SMILES string of the molecule is CCC(C)C(=O)NCCC[NH+](C)C.CCS(=O)(=O)[O-]. The zero-order valence-corrected chi connectivity index (χ0v) is 13.5. The van der Waals surface area contributed by atoms with Crippen molar-refractivity contribution in [3.05, 3.63) is 0 Å². The summed E-state index contributed by atoms with van der Waals surface area (Å²) in [6.07, 6.45) is 1.98. The van der Waals surface area contributed by atoms with Crippen molar-refractivity contribution in [2.75, 3.05) is 32.9 Å². The molecule has 0 aliphatic rings. The van der Waals surface area contributed by atoms with Crippen LogP contribution in [0.1, 0.15) is 33.6 Å². The second-order valence-corrected chi connectivity index (χ2v) is 6.45. The van der Waals surface area contributed by atoms with Crippen LogP contribution < -0.4 is 10.2 Å². The summed E-state index contributed by atoms with van der Waals surface area (Å²) in [5.74, 6) is 0.0375. The zero-order chi connectivity index (χ0) is 15.5. The van der Waals surface area contributed by atoms with Gasteiger partial charge in [0.15, 0.2) is 0 Å². The maximum Gasteiger partial charge on any atom is 0.222 e. The van der Waals surface area contributed by atoms with Gasteiger partial charge in [-0.3, -0.25) is 4.79 Å². The van der Waals surface area contributed by atoms with Crippen molar-refractivity contribution in [3.8, 4) is 0 Å². The highest BCUT2D eigenvalue weighted by Gasteiger charge is 2.08. The van der Waals surface area contributed by atoms with Gasteiger partial charge >= 0.3 is 0 Å². The number of hydrogen-bond acceptors (Lipinski definition) is 4. The third kappa shape index (κ3) is 17.3. The summed E-state index contributed by atoms with van der Waals surface area (Å²) in [6.45, 7) is 7.23. The Hall–Kier alpha value is -0.660. The third-order valence-corrected chi connectivity index (χ3v) is 3.27. The van der Waals surface area contributed by atoms with Gasteiger partial charge in [0.1, 0.15) is 0 Å². The van der Waals surface area contributed by atoms with Crippen LogP contribution in [0, 0.1) is 5.92 Å². The van der Waals surface area contributed by atoms with Gasteiger partial charge in [-0.05, 0) is 6.42 Å². The van der Waals surface area contributed by atoms with Crippen molar-refractivity contribution in [1.29, 1.82) is 0 Å². The van der Waals surface area contributed by atoms with Gasteiger partial charge in [0.05, 0.1) is 30.8 Å². The molecule has 7 heteroatoms. The number of rotatable bonds is 7. The minimum atomic E-state index is -3.91. The highest BCUT2D eigenvalue weighted by molar-refractivity contribution is 7.85. The Morgan fingerprint density at radius 1 is 1.32 bits per heavy atom. The van der Waals surface area contributed by atoms with Crippen molar-refractivity contribution >= 4 is 16.0 Å². The van der Waals surface area contributed by atoms with Crippen LogP contribution >= 0.6 is 0 Å². The van der Waals surface area contributed by atoms with Gasteiger partial charge in [-0.1, -0.05) is 20.8 Å². The van der Waals surface area contributed by atoms with Crippen LogP contribution in [0.15, 0.2) is 0 Å². The van der Waals surface area contributed by atoms with Gasteiger partial charge in [0, 0.05) is 24.6 Å². The standard InChI is InChI=1S/C10H22N2O.C2H6O3S/c1-5-9(2)10(13)11-7-6-8-12(3)4;1-2-6(3,4)5/h9H,5-8H2,1-4H3,(H,11,13);2H2,1H3,(H,3,4,5). The molecule has 0 radical (unpaired) electrons. The maximum absolute atomic E-state index is 11.3. The predicted molar refractivity (Wildman–Crippen MR) is 75.0 cm³/mol. The average molecular weight is 296 g/mol. The van der Waals surface area contributed by atoms with Crippen LogP contribution in [0.25, 0.3) is 0 Å². The first-order chi connectivity index (χ1) is 8.64. The van der Waals surface area contributed by atoms with E-state index in [1.807, 2.05) is 13.8 Å². The first-order valence-corrected chi connectivity index (χ1v) is 8.22. The number of amides is 1. The summed E-state index contributed by atoms with van der Waals surface area (Å²) < 4.78 is 28.3. The fraction of sp³-hybridized carbons (Fsp3) is 0.917. The van der Waals surface area contributed by atoms with E-state index in [9.17, 15) is 17.8 Å². The molecule has 0 aromatic carbocycles. The molecule has 1 atom stereocenters. The number of quaternary nitrogens is 1. The average Bonchev–Trinajstić information content (AvgIpc) is 2.33. The number of nitrogens with one attached hydrogen (secondary N) is 2. The lowest BCUT2D eigenvalue weighted by Gasteiger charge is -2.10. The van der Waals surface area contributed by atoms with Gasteiger partial charge < -0.3 is 14.8 Å². The molecule has 1 unspecified atom stereocenters. The van der Waals surface area contributed by atoms with Crippen molar-refractivity contribution in [2.24, 2.45) is 5.92 Å². The zero-order valence-electron chi connectivity index (χ0n) is 12.7. The topological polar surface area (TPSA) is 90.7 Å². The molecule has 0 aromatic rings. The van der Waals surface area contributed by atoms with Crippen molar-refractivity contribution in [1.82, 2.24) is 5.32 Å². The lowest BCUT2D eigenvalue weighted by molar-refractivity contribution is -0.858. The molecule has 0 aromatic heterocycles. The molecule has 19 heavy (non-hydrogen) atoms. The Balaban J connectivity index is 0. The highest BCUT2D eigenvalue weighted by atomic mass is 32.2. The fourth-order valence-corrected chi connectivity index (χ4v) is 1.01. The molecule has 0 bridgehead atoms. The van der Waals surface area contributed by atoms with Gasteiger partial charge in [-0.2, -0.15) is 0 Å². The van der Waals surface area contributed by atoms with E-state index < -0.39 is 10.1 Å². The molecule has 6 nitrogen and oxygen atoms in total. The predicted octanol–water partition coefficient (Wildman–Crippen LogP) is -0.765. The Morgan fingerprint density at radius 2 is 1.79 bits per heavy atom. The van der Waals surface area contributed by atoms with Crippen molar-refractivity contribution < 1.29 is 22.7 Å². The lowest BCUT2D eigenvalue weighted by atomic mass is 10.1. The Kier molecular flexibility index (Phi) is 12.2. The minimum Gasteiger partial charge on any atom is -0.748 e. The summed E-state index contributed by atoms with van der Waals surface area (Å²) in [5, 5.41) is 2.94. The monoisotopic (exact) mass is 296 g/mol. The summed E-state index contributed by atoms with van der Waals surface area (Å²) in [7, 11) is 0.331. The van der Waals surface area contributed by atoms with Crippen LogP contribution in [-0.2, 0) is 14.9 Å². The van der Waals surface area contributed by atoms with E-state index in [0.717, 1.165) is 25.9 Å². The molecule has 0 aliphatic carbocycles. The molecule has 0 fully saturated rings. The third-order valence-electron chi connectivity index (χ3n) is 2.57. The van der Waals surface area contributed by atoms with Gasteiger partial charge in [-0.15, -0.1) is 0 Å². The van der Waals surface area contributed by atoms with E-state index >= 15 is 0 Å². The minimum absolute atomic E-state index is 0.159. The molecular formula is C12H28N2O4S. The quantitative estimate of drug-likeness (QED) is 0.477. The molecule has 0 aliphatic heterocycles. The van der Waals surface area contributed by atoms with Gasteiger partial charge in [-0.25, -0.2) is 8.42 Å². The lowest BCUT2D eigenvalue weighted by Crippen LogP contribution is -3.05. The largest absolute Gasteiger partial charge is 0.748 e. The summed E-state index contributed by atoms with van der Waals surface area (Å²) in [6, 6.07) is 0. The molecule has 1 amide bonds. The first kappa shape index (κ1) is 20.7. The molecule has 2 N–H and O–H groups in total. The molecule has 0 spiro atoms. The second kappa shape index (κ2) is 11.2. The smallest absolute Gasteiger partial charge is 0.222 e. The summed E-state index contributed by atoms with van der Waals surface area (Å²) >= 11 is 0. The van der Waals surface area contributed by atoms with Gasteiger partial charge in [0.25, 0.3) is 0 Å². The first-order valence-electron chi connectivity index (χ1n) is 6.64. The highest BCUT2D eigenvalue weighted by Crippen LogP contribution is 1.98. The number of carbonyl (C=O) groups is 1. The summed E-state index contributed by atoms with van der Waals surface area (Å²) in [5.41, 5.74) is 0. The molecule has 0 rings (SSSR count). The molecule has 0 heterocycles. The fourth-order valence-electron chi connectivity index (χ4n) is 1.01. The van der Waals surface area contributed by atoms with E-state index in [2.05, 4.69) is 19.4 Å². The second-order valence-electron chi connectivity index (χ2n) is 4.76. The van der Waals surface area contributed by atoms with E-state index in [-0.39, 0.29) is 17.6 Å². The molecule has 0 saturated carbocycles. The Morgan fingerprint density at radius 3 is 2.11 bits per heavy atom.